The Morgan fingerprint density at radius 1 is 0.340 bits per heavy atom. The maximum Gasteiger partial charge on any atom is 0.161 e. The van der Waals surface area contributed by atoms with Crippen molar-refractivity contribution in [3.8, 4) is 78.4 Å². The Balaban J connectivity index is 1.13. The van der Waals surface area contributed by atoms with Crippen molar-refractivity contribution >= 4 is 21.5 Å². The van der Waals surface area contributed by atoms with Gasteiger partial charge in [-0.15, -0.1) is 0 Å². The first-order valence-corrected chi connectivity index (χ1v) is 16.9. The fraction of sp³-hybridized carbons (Fsp3) is 0. The molecule has 2 aromatic heterocycles. The average Bonchev–Trinajstić information content (AvgIpc) is 3.53. The van der Waals surface area contributed by atoms with Gasteiger partial charge in [0.2, 0.25) is 0 Å². The fourth-order valence-electron chi connectivity index (χ4n) is 7.46. The minimum absolute atomic E-state index is 0.711. The minimum Gasteiger partial charge on any atom is -0.264 e. The van der Waals surface area contributed by atoms with Crippen molar-refractivity contribution in [2.24, 2.45) is 0 Å². The number of hydrogen-bond acceptors (Lipinski definition) is 3. The molecule has 2 heterocycles. The predicted octanol–water partition coefficient (Wildman–Crippen LogP) is 12.2. The molecule has 0 saturated carbocycles. The average molecular weight is 636 g/mol. The van der Waals surface area contributed by atoms with Gasteiger partial charge in [-0.3, -0.25) is 4.98 Å². The van der Waals surface area contributed by atoms with Crippen molar-refractivity contribution in [3.05, 3.63) is 176 Å². The maximum atomic E-state index is 5.28. The molecule has 0 atom stereocenters. The van der Waals surface area contributed by atoms with Gasteiger partial charge in [0, 0.05) is 34.6 Å². The molecule has 0 fully saturated rings. The molecule has 1 aliphatic rings. The van der Waals surface area contributed by atoms with Crippen LogP contribution in [0.5, 0.6) is 0 Å². The van der Waals surface area contributed by atoms with Crippen LogP contribution in [-0.2, 0) is 0 Å². The van der Waals surface area contributed by atoms with E-state index in [1.54, 1.807) is 6.20 Å². The number of rotatable bonds is 5. The zero-order chi connectivity index (χ0) is 33.0. The molecule has 0 spiro atoms. The quantitative estimate of drug-likeness (QED) is 0.189. The lowest BCUT2D eigenvalue weighted by Gasteiger charge is -2.13. The molecule has 0 radical (unpaired) electrons. The SMILES string of the molecule is c1cncc(-c2cccc(-c3cc(-c4ccc(-c5ccc6ccccc6c5)cc4)nc(-c4ccc5c6c(cccc46)-c4ccccc4-5)n3)c2)c1. The van der Waals surface area contributed by atoms with E-state index in [4.69, 9.17) is 9.97 Å². The summed E-state index contributed by atoms with van der Waals surface area (Å²) in [6.45, 7) is 0. The fourth-order valence-corrected chi connectivity index (χ4v) is 7.46. The number of fused-ring (bicyclic) bond motifs is 4. The highest BCUT2D eigenvalue weighted by atomic mass is 14.9. The molecular weight excluding hydrogens is 607 g/mol. The Bertz CT molecular complexity index is 2720. The molecule has 0 N–H and O–H groups in total. The van der Waals surface area contributed by atoms with Crippen LogP contribution in [0.3, 0.4) is 0 Å². The Morgan fingerprint density at radius 3 is 1.78 bits per heavy atom. The molecule has 9 aromatic rings. The largest absolute Gasteiger partial charge is 0.264 e. The van der Waals surface area contributed by atoms with Crippen LogP contribution in [0.1, 0.15) is 0 Å². The highest BCUT2D eigenvalue weighted by Gasteiger charge is 2.23. The second-order valence-electron chi connectivity index (χ2n) is 12.9. The third-order valence-electron chi connectivity index (χ3n) is 9.93. The molecule has 0 saturated heterocycles. The Labute approximate surface area is 290 Å². The van der Waals surface area contributed by atoms with E-state index < -0.39 is 0 Å². The van der Waals surface area contributed by atoms with E-state index >= 15 is 0 Å². The van der Waals surface area contributed by atoms with E-state index in [0.717, 1.165) is 44.6 Å². The first-order valence-electron chi connectivity index (χ1n) is 16.9. The number of pyridine rings is 1. The van der Waals surface area contributed by atoms with Gasteiger partial charge in [-0.1, -0.05) is 133 Å². The Hall–Kier alpha value is -6.71. The summed E-state index contributed by atoms with van der Waals surface area (Å²) in [6.07, 6.45) is 3.70. The standard InChI is InChI=1S/C47H29N3/c1-2-9-33-26-35(22-19-30(33)8-1)31-17-20-32(21-18-31)44-28-45(36-11-5-10-34(27-36)37-12-7-25-48-29-37)50-47(49-44)43-24-23-42-39-14-4-3-13-38(39)40-15-6-16-41(43)46(40)42/h1-29H. The predicted molar refractivity (Wildman–Crippen MR) is 206 cm³/mol. The smallest absolute Gasteiger partial charge is 0.161 e. The molecule has 50 heavy (non-hydrogen) atoms. The molecule has 3 nitrogen and oxygen atoms in total. The zero-order valence-electron chi connectivity index (χ0n) is 27.1. The minimum atomic E-state index is 0.711. The Kier molecular flexibility index (Phi) is 6.49. The molecule has 0 amide bonds. The molecule has 1 aliphatic carbocycles. The van der Waals surface area contributed by atoms with E-state index in [1.807, 2.05) is 12.3 Å². The zero-order valence-corrected chi connectivity index (χ0v) is 27.1. The van der Waals surface area contributed by atoms with Crippen molar-refractivity contribution in [3.63, 3.8) is 0 Å². The van der Waals surface area contributed by atoms with Crippen molar-refractivity contribution < 1.29 is 0 Å². The summed E-state index contributed by atoms with van der Waals surface area (Å²) in [5.74, 6) is 0.711. The molecule has 3 heteroatoms. The van der Waals surface area contributed by atoms with Gasteiger partial charge in [0.25, 0.3) is 0 Å². The first kappa shape index (κ1) is 28.3. The van der Waals surface area contributed by atoms with Gasteiger partial charge in [0.15, 0.2) is 5.82 Å². The van der Waals surface area contributed by atoms with Crippen LogP contribution in [0.2, 0.25) is 0 Å². The summed E-state index contributed by atoms with van der Waals surface area (Å²) in [4.78, 5) is 14.9. The monoisotopic (exact) mass is 635 g/mol. The van der Waals surface area contributed by atoms with Crippen LogP contribution < -0.4 is 0 Å². The van der Waals surface area contributed by atoms with Crippen molar-refractivity contribution in [2.75, 3.05) is 0 Å². The second kappa shape index (κ2) is 11.5. The second-order valence-corrected chi connectivity index (χ2v) is 12.9. The lowest BCUT2D eigenvalue weighted by molar-refractivity contribution is 1.19. The first-order chi connectivity index (χ1) is 24.8. The maximum absolute atomic E-state index is 5.28. The van der Waals surface area contributed by atoms with Gasteiger partial charge in [-0.05, 0) is 90.8 Å². The summed E-state index contributed by atoms with van der Waals surface area (Å²) in [7, 11) is 0. The highest BCUT2D eigenvalue weighted by molar-refractivity contribution is 6.18. The van der Waals surface area contributed by atoms with E-state index in [9.17, 15) is 0 Å². The van der Waals surface area contributed by atoms with Gasteiger partial charge in [-0.2, -0.15) is 0 Å². The van der Waals surface area contributed by atoms with Crippen LogP contribution in [0.15, 0.2) is 176 Å². The summed E-state index contributed by atoms with van der Waals surface area (Å²) in [5.41, 5.74) is 14.5. The topological polar surface area (TPSA) is 38.7 Å². The van der Waals surface area contributed by atoms with Crippen molar-refractivity contribution in [1.82, 2.24) is 15.0 Å². The molecule has 0 bridgehead atoms. The van der Waals surface area contributed by atoms with Crippen LogP contribution in [0, 0.1) is 0 Å². The lowest BCUT2D eigenvalue weighted by Crippen LogP contribution is -1.97. The van der Waals surface area contributed by atoms with Gasteiger partial charge >= 0.3 is 0 Å². The number of benzene rings is 7. The summed E-state index contributed by atoms with van der Waals surface area (Å²) >= 11 is 0. The van der Waals surface area contributed by atoms with Gasteiger partial charge < -0.3 is 0 Å². The van der Waals surface area contributed by atoms with Crippen LogP contribution in [0.4, 0.5) is 0 Å². The van der Waals surface area contributed by atoms with E-state index in [0.29, 0.717) is 5.82 Å². The van der Waals surface area contributed by atoms with Gasteiger partial charge in [0.05, 0.1) is 11.4 Å². The number of aromatic nitrogens is 3. The number of nitrogens with zero attached hydrogens (tertiary/aromatic N) is 3. The molecule has 0 aliphatic heterocycles. The summed E-state index contributed by atoms with van der Waals surface area (Å²) in [6, 6.07) is 58.3. The van der Waals surface area contributed by atoms with Crippen LogP contribution in [0.25, 0.3) is 100.0 Å². The molecule has 7 aromatic carbocycles. The molecule has 0 unspecified atom stereocenters. The summed E-state index contributed by atoms with van der Waals surface area (Å²) in [5, 5.41) is 4.91. The van der Waals surface area contributed by atoms with E-state index in [2.05, 4.69) is 163 Å². The van der Waals surface area contributed by atoms with Crippen LogP contribution >= 0.6 is 0 Å². The van der Waals surface area contributed by atoms with Gasteiger partial charge in [-0.25, -0.2) is 9.97 Å². The summed E-state index contributed by atoms with van der Waals surface area (Å²) < 4.78 is 0. The number of hydrogen-bond donors (Lipinski definition) is 0. The normalized spacial score (nSPS) is 11.6. The highest BCUT2D eigenvalue weighted by Crippen LogP contribution is 2.49. The lowest BCUT2D eigenvalue weighted by atomic mass is 9.97. The van der Waals surface area contributed by atoms with E-state index in [1.165, 1.54) is 49.5 Å². The Morgan fingerprint density at radius 2 is 0.960 bits per heavy atom. The third kappa shape index (κ3) is 4.71. The van der Waals surface area contributed by atoms with Crippen molar-refractivity contribution in [1.29, 1.82) is 0 Å². The molecule has 232 valence electrons. The van der Waals surface area contributed by atoms with Crippen molar-refractivity contribution in [2.45, 2.75) is 0 Å². The third-order valence-corrected chi connectivity index (χ3v) is 9.93. The van der Waals surface area contributed by atoms with Gasteiger partial charge in [0.1, 0.15) is 0 Å². The van der Waals surface area contributed by atoms with Crippen LogP contribution in [-0.4, -0.2) is 15.0 Å². The molecular formula is C47H29N3. The molecule has 10 rings (SSSR count). The van der Waals surface area contributed by atoms with E-state index in [-0.39, 0.29) is 0 Å².